The van der Waals surface area contributed by atoms with Crippen LogP contribution in [0.1, 0.15) is 5.56 Å². The maximum atomic E-state index is 6.20. The Bertz CT molecular complexity index is 1140. The zero-order valence-corrected chi connectivity index (χ0v) is 16.1. The zero-order valence-electron chi connectivity index (χ0n) is 14.6. The van der Waals surface area contributed by atoms with Crippen molar-refractivity contribution < 1.29 is 4.74 Å². The second kappa shape index (κ2) is 7.06. The molecule has 4 rings (SSSR count). The van der Waals surface area contributed by atoms with Gasteiger partial charge in [-0.25, -0.2) is 14.6 Å². The lowest BCUT2D eigenvalue weighted by Crippen LogP contribution is -2.01. The molecule has 0 amide bonds. The molecule has 0 aliphatic carbocycles. The van der Waals surface area contributed by atoms with E-state index >= 15 is 0 Å². The van der Waals surface area contributed by atoms with Crippen molar-refractivity contribution in [3.8, 4) is 11.4 Å². The minimum atomic E-state index is 0.512. The van der Waals surface area contributed by atoms with Gasteiger partial charge in [0.25, 0.3) is 0 Å². The van der Waals surface area contributed by atoms with Gasteiger partial charge in [0, 0.05) is 10.7 Å². The molecule has 0 radical (unpaired) electrons. The van der Waals surface area contributed by atoms with Crippen molar-refractivity contribution >= 4 is 45.7 Å². The van der Waals surface area contributed by atoms with Crippen LogP contribution in [0.25, 0.3) is 16.7 Å². The van der Waals surface area contributed by atoms with Crippen LogP contribution in [0, 0.1) is 6.92 Å². The van der Waals surface area contributed by atoms with Crippen LogP contribution in [-0.2, 0) is 0 Å². The monoisotopic (exact) mass is 399 g/mol. The van der Waals surface area contributed by atoms with E-state index in [1.165, 1.54) is 6.33 Å². The van der Waals surface area contributed by atoms with E-state index in [0.29, 0.717) is 27.3 Å². The molecule has 2 aromatic heterocycles. The average molecular weight is 400 g/mol. The fourth-order valence-electron chi connectivity index (χ4n) is 2.81. The molecule has 6 nitrogen and oxygen atoms in total. The van der Waals surface area contributed by atoms with Crippen LogP contribution in [0.2, 0.25) is 10.0 Å². The molecule has 0 aliphatic rings. The predicted molar refractivity (Wildman–Crippen MR) is 108 cm³/mol. The summed E-state index contributed by atoms with van der Waals surface area (Å²) in [7, 11) is 1.58. The Hall–Kier alpha value is -2.83. The lowest BCUT2D eigenvalue weighted by molar-refractivity contribution is 0.415. The quantitative estimate of drug-likeness (QED) is 0.511. The van der Waals surface area contributed by atoms with E-state index in [9.17, 15) is 0 Å². The van der Waals surface area contributed by atoms with Crippen molar-refractivity contribution in [3.63, 3.8) is 0 Å². The van der Waals surface area contributed by atoms with Crippen molar-refractivity contribution in [1.29, 1.82) is 0 Å². The third kappa shape index (κ3) is 3.29. The molecule has 2 aromatic carbocycles. The molecule has 0 aliphatic heterocycles. The van der Waals surface area contributed by atoms with Crippen LogP contribution in [0.4, 0.5) is 11.5 Å². The first kappa shape index (κ1) is 17.6. The number of ether oxygens (including phenoxy) is 1. The molecule has 0 saturated carbocycles. The molecule has 0 unspecified atom stereocenters. The molecule has 27 heavy (non-hydrogen) atoms. The predicted octanol–water partition coefficient (Wildman–Crippen LogP) is 5.18. The van der Waals surface area contributed by atoms with Gasteiger partial charge in [0.1, 0.15) is 17.9 Å². The SMILES string of the molecule is COc1ccc(Nc2ncnc3c2cnn3-c2cc(Cl)ccc2C)cc1Cl. The largest absolute Gasteiger partial charge is 0.495 e. The van der Waals surface area contributed by atoms with E-state index in [1.54, 1.807) is 30.1 Å². The molecule has 0 saturated heterocycles. The lowest BCUT2D eigenvalue weighted by Gasteiger charge is -2.10. The van der Waals surface area contributed by atoms with Gasteiger partial charge in [-0.1, -0.05) is 29.3 Å². The fraction of sp³-hybridized carbons (Fsp3) is 0.105. The summed E-state index contributed by atoms with van der Waals surface area (Å²) < 4.78 is 6.94. The molecule has 8 heteroatoms. The van der Waals surface area contributed by atoms with E-state index < -0.39 is 0 Å². The fourth-order valence-corrected chi connectivity index (χ4v) is 3.24. The number of aryl methyl sites for hydroxylation is 1. The zero-order chi connectivity index (χ0) is 19.0. The summed E-state index contributed by atoms with van der Waals surface area (Å²) in [5.74, 6) is 1.24. The minimum absolute atomic E-state index is 0.512. The first-order valence-electron chi connectivity index (χ1n) is 8.12. The van der Waals surface area contributed by atoms with Gasteiger partial charge in [-0.05, 0) is 42.8 Å². The number of benzene rings is 2. The molecule has 1 N–H and O–H groups in total. The number of halogens is 2. The molecule has 2 heterocycles. The number of fused-ring (bicyclic) bond motifs is 1. The van der Waals surface area contributed by atoms with Crippen molar-refractivity contribution in [2.45, 2.75) is 6.92 Å². The Labute approximate surface area is 165 Å². The Kier molecular flexibility index (Phi) is 4.59. The number of rotatable bonds is 4. The summed E-state index contributed by atoms with van der Waals surface area (Å²) in [5.41, 5.74) is 3.37. The Balaban J connectivity index is 1.77. The Morgan fingerprint density at radius 3 is 2.70 bits per heavy atom. The Morgan fingerprint density at radius 1 is 1.07 bits per heavy atom. The standard InChI is InChI=1S/C19H15Cl2N5O/c1-11-3-4-12(20)7-16(11)26-19-14(9-24-26)18(22-10-23-19)25-13-5-6-17(27-2)15(21)8-13/h3-10H,1-2H3,(H,22,23,25). The number of nitrogens with zero attached hydrogens (tertiary/aromatic N) is 4. The second-order valence-corrected chi connectivity index (χ2v) is 6.76. The number of nitrogens with one attached hydrogen (secondary N) is 1. The first-order chi connectivity index (χ1) is 13.1. The van der Waals surface area contributed by atoms with Crippen molar-refractivity contribution in [2.75, 3.05) is 12.4 Å². The van der Waals surface area contributed by atoms with E-state index in [0.717, 1.165) is 22.3 Å². The van der Waals surface area contributed by atoms with E-state index in [1.807, 2.05) is 31.2 Å². The number of anilines is 2. The van der Waals surface area contributed by atoms with Crippen LogP contribution in [0.3, 0.4) is 0 Å². The van der Waals surface area contributed by atoms with Gasteiger partial charge in [0.05, 0.1) is 29.4 Å². The summed E-state index contributed by atoms with van der Waals surface area (Å²) in [4.78, 5) is 8.74. The van der Waals surface area contributed by atoms with Gasteiger partial charge in [0.2, 0.25) is 0 Å². The van der Waals surface area contributed by atoms with Crippen LogP contribution in [0.15, 0.2) is 48.9 Å². The minimum Gasteiger partial charge on any atom is -0.495 e. The maximum Gasteiger partial charge on any atom is 0.168 e. The second-order valence-electron chi connectivity index (χ2n) is 5.92. The highest BCUT2D eigenvalue weighted by Gasteiger charge is 2.13. The topological polar surface area (TPSA) is 64.9 Å². The van der Waals surface area contributed by atoms with Gasteiger partial charge in [0.15, 0.2) is 5.65 Å². The van der Waals surface area contributed by atoms with Crippen molar-refractivity contribution in [1.82, 2.24) is 19.7 Å². The summed E-state index contributed by atoms with van der Waals surface area (Å²) in [6, 6.07) is 11.1. The smallest absolute Gasteiger partial charge is 0.168 e. The van der Waals surface area contributed by atoms with E-state index in [-0.39, 0.29) is 0 Å². The highest BCUT2D eigenvalue weighted by molar-refractivity contribution is 6.32. The molecule has 0 fully saturated rings. The third-order valence-corrected chi connectivity index (χ3v) is 4.71. The van der Waals surface area contributed by atoms with Gasteiger partial charge >= 0.3 is 0 Å². The van der Waals surface area contributed by atoms with Crippen LogP contribution < -0.4 is 10.1 Å². The van der Waals surface area contributed by atoms with Crippen LogP contribution >= 0.6 is 23.2 Å². The number of hydrogen-bond donors (Lipinski definition) is 1. The summed E-state index contributed by atoms with van der Waals surface area (Å²) in [6.45, 7) is 2.00. The van der Waals surface area contributed by atoms with Crippen molar-refractivity contribution in [3.05, 3.63) is 64.5 Å². The number of hydrogen-bond acceptors (Lipinski definition) is 5. The molecule has 0 spiro atoms. The third-order valence-electron chi connectivity index (χ3n) is 4.18. The summed E-state index contributed by atoms with van der Waals surface area (Å²) in [6.07, 6.45) is 3.22. The van der Waals surface area contributed by atoms with Gasteiger partial charge in [-0.15, -0.1) is 0 Å². The molecular formula is C19H15Cl2N5O. The number of methoxy groups -OCH3 is 1. The highest BCUT2D eigenvalue weighted by Crippen LogP contribution is 2.31. The number of aromatic nitrogens is 4. The van der Waals surface area contributed by atoms with Gasteiger partial charge < -0.3 is 10.1 Å². The summed E-state index contributed by atoms with van der Waals surface area (Å²) in [5, 5.41) is 9.68. The lowest BCUT2D eigenvalue weighted by atomic mass is 10.2. The van der Waals surface area contributed by atoms with Crippen LogP contribution in [-0.4, -0.2) is 26.9 Å². The normalized spacial score (nSPS) is 11.0. The molecule has 136 valence electrons. The maximum absolute atomic E-state index is 6.20. The van der Waals surface area contributed by atoms with Crippen LogP contribution in [0.5, 0.6) is 5.75 Å². The van der Waals surface area contributed by atoms with Crippen molar-refractivity contribution in [2.24, 2.45) is 0 Å². The Morgan fingerprint density at radius 2 is 1.93 bits per heavy atom. The van der Waals surface area contributed by atoms with Gasteiger partial charge in [-0.2, -0.15) is 5.10 Å². The van der Waals surface area contributed by atoms with Gasteiger partial charge in [-0.3, -0.25) is 0 Å². The highest BCUT2D eigenvalue weighted by atomic mass is 35.5. The molecule has 0 atom stereocenters. The van der Waals surface area contributed by atoms with E-state index in [4.69, 9.17) is 27.9 Å². The molecular weight excluding hydrogens is 385 g/mol. The summed E-state index contributed by atoms with van der Waals surface area (Å²) >= 11 is 12.4. The first-order valence-corrected chi connectivity index (χ1v) is 8.88. The van der Waals surface area contributed by atoms with E-state index in [2.05, 4.69) is 20.4 Å². The average Bonchev–Trinajstić information content (AvgIpc) is 3.09. The molecule has 4 aromatic rings. The molecule has 0 bridgehead atoms.